The molecule has 0 aromatic heterocycles. The zero-order chi connectivity index (χ0) is 17.6. The van der Waals surface area contributed by atoms with Gasteiger partial charge in [-0.1, -0.05) is 48.5 Å². The second-order valence-corrected chi connectivity index (χ2v) is 5.48. The average Bonchev–Trinajstić information content (AvgIpc) is 2.67. The standard InChI is InChI=1S/C20H27N3O2/c1-21-20(22-13-8-15-25-19-11-6-3-7-12-19)23-14-16-24-17-18-9-4-2-5-10-18/h2-7,9-12H,8,13-17H2,1H3,(H2,21,22,23). The van der Waals surface area contributed by atoms with Crippen molar-refractivity contribution < 1.29 is 9.47 Å². The number of para-hydroxylation sites is 1. The Kier molecular flexibility index (Phi) is 8.97. The zero-order valence-corrected chi connectivity index (χ0v) is 14.8. The van der Waals surface area contributed by atoms with Gasteiger partial charge in [0.25, 0.3) is 0 Å². The van der Waals surface area contributed by atoms with Gasteiger partial charge in [0.05, 0.1) is 19.8 Å². The van der Waals surface area contributed by atoms with Crippen molar-refractivity contribution in [1.82, 2.24) is 10.6 Å². The van der Waals surface area contributed by atoms with E-state index < -0.39 is 0 Å². The van der Waals surface area contributed by atoms with E-state index in [0.717, 1.165) is 24.7 Å². The molecule has 25 heavy (non-hydrogen) atoms. The van der Waals surface area contributed by atoms with Crippen molar-refractivity contribution in [2.24, 2.45) is 4.99 Å². The molecular weight excluding hydrogens is 314 g/mol. The molecule has 0 aliphatic heterocycles. The number of aliphatic imine (C=N–C) groups is 1. The number of guanidine groups is 1. The van der Waals surface area contributed by atoms with Crippen LogP contribution in [0.4, 0.5) is 0 Å². The largest absolute Gasteiger partial charge is 0.494 e. The SMILES string of the molecule is CN=C(NCCCOc1ccccc1)NCCOCc1ccccc1. The summed E-state index contributed by atoms with van der Waals surface area (Å²) in [6, 6.07) is 20.0. The first-order valence-corrected chi connectivity index (χ1v) is 8.62. The van der Waals surface area contributed by atoms with Gasteiger partial charge >= 0.3 is 0 Å². The molecule has 2 aromatic carbocycles. The highest BCUT2D eigenvalue weighted by molar-refractivity contribution is 5.79. The Morgan fingerprint density at radius 1 is 0.880 bits per heavy atom. The van der Waals surface area contributed by atoms with Gasteiger partial charge in [-0.05, 0) is 24.1 Å². The van der Waals surface area contributed by atoms with Crippen LogP contribution in [0, 0.1) is 0 Å². The molecule has 0 fully saturated rings. The predicted octanol–water partition coefficient (Wildman–Crippen LogP) is 2.84. The number of benzene rings is 2. The Hall–Kier alpha value is -2.53. The number of nitrogens with one attached hydrogen (secondary N) is 2. The zero-order valence-electron chi connectivity index (χ0n) is 14.8. The fourth-order valence-corrected chi connectivity index (χ4v) is 2.21. The molecule has 5 nitrogen and oxygen atoms in total. The monoisotopic (exact) mass is 341 g/mol. The molecule has 0 unspecified atom stereocenters. The Bertz CT molecular complexity index is 551. The minimum atomic E-state index is 0.630. The van der Waals surface area contributed by atoms with Gasteiger partial charge in [0.1, 0.15) is 5.75 Å². The maximum Gasteiger partial charge on any atom is 0.191 e. The molecule has 0 atom stereocenters. The van der Waals surface area contributed by atoms with Crippen molar-refractivity contribution in [3.8, 4) is 5.75 Å². The van der Waals surface area contributed by atoms with Crippen LogP contribution in [-0.4, -0.2) is 39.3 Å². The average molecular weight is 341 g/mol. The quantitative estimate of drug-likeness (QED) is 0.396. The van der Waals surface area contributed by atoms with E-state index in [1.165, 1.54) is 5.56 Å². The maximum atomic E-state index is 5.66. The highest BCUT2D eigenvalue weighted by atomic mass is 16.5. The Balaban J connectivity index is 1.49. The van der Waals surface area contributed by atoms with E-state index in [1.54, 1.807) is 7.05 Å². The number of hydrogen-bond donors (Lipinski definition) is 2. The van der Waals surface area contributed by atoms with E-state index in [9.17, 15) is 0 Å². The summed E-state index contributed by atoms with van der Waals surface area (Å²) in [7, 11) is 1.76. The van der Waals surface area contributed by atoms with E-state index in [-0.39, 0.29) is 0 Å². The first kappa shape index (κ1) is 18.8. The molecule has 0 radical (unpaired) electrons. The van der Waals surface area contributed by atoms with Crippen molar-refractivity contribution >= 4 is 5.96 Å². The van der Waals surface area contributed by atoms with Crippen LogP contribution in [0.5, 0.6) is 5.75 Å². The number of nitrogens with zero attached hydrogens (tertiary/aromatic N) is 1. The molecule has 0 amide bonds. The molecule has 0 saturated carbocycles. The molecule has 0 spiro atoms. The van der Waals surface area contributed by atoms with E-state index in [2.05, 4.69) is 27.8 Å². The van der Waals surface area contributed by atoms with E-state index in [1.807, 2.05) is 48.5 Å². The maximum absolute atomic E-state index is 5.66. The summed E-state index contributed by atoms with van der Waals surface area (Å²) in [5.41, 5.74) is 1.18. The molecule has 0 aliphatic carbocycles. The first-order chi connectivity index (χ1) is 12.4. The molecule has 0 saturated heterocycles. The lowest BCUT2D eigenvalue weighted by Gasteiger charge is -2.12. The highest BCUT2D eigenvalue weighted by Crippen LogP contribution is 2.07. The second kappa shape index (κ2) is 11.9. The summed E-state index contributed by atoms with van der Waals surface area (Å²) >= 11 is 0. The topological polar surface area (TPSA) is 54.9 Å². The summed E-state index contributed by atoms with van der Waals surface area (Å²) in [4.78, 5) is 4.20. The normalized spacial score (nSPS) is 11.2. The van der Waals surface area contributed by atoms with Crippen molar-refractivity contribution in [2.45, 2.75) is 13.0 Å². The molecule has 2 rings (SSSR count). The van der Waals surface area contributed by atoms with Crippen LogP contribution >= 0.6 is 0 Å². The number of ether oxygens (including phenoxy) is 2. The van der Waals surface area contributed by atoms with Crippen molar-refractivity contribution in [3.63, 3.8) is 0 Å². The third-order valence-electron chi connectivity index (χ3n) is 3.50. The number of rotatable bonds is 10. The molecular formula is C20H27N3O2. The van der Waals surface area contributed by atoms with Crippen LogP contribution in [0.2, 0.25) is 0 Å². The third kappa shape index (κ3) is 8.22. The highest BCUT2D eigenvalue weighted by Gasteiger charge is 1.98. The van der Waals surface area contributed by atoms with Crippen molar-refractivity contribution in [2.75, 3.05) is 33.4 Å². The van der Waals surface area contributed by atoms with Crippen LogP contribution in [0.15, 0.2) is 65.7 Å². The molecule has 134 valence electrons. The molecule has 0 heterocycles. The van der Waals surface area contributed by atoms with Crippen molar-refractivity contribution in [3.05, 3.63) is 66.2 Å². The Morgan fingerprint density at radius 2 is 1.56 bits per heavy atom. The lowest BCUT2D eigenvalue weighted by Crippen LogP contribution is -2.39. The third-order valence-corrected chi connectivity index (χ3v) is 3.50. The van der Waals surface area contributed by atoms with Crippen LogP contribution in [0.1, 0.15) is 12.0 Å². The minimum absolute atomic E-state index is 0.630. The van der Waals surface area contributed by atoms with Crippen LogP contribution in [0.25, 0.3) is 0 Å². The van der Waals surface area contributed by atoms with E-state index in [0.29, 0.717) is 26.4 Å². The minimum Gasteiger partial charge on any atom is -0.494 e. The van der Waals surface area contributed by atoms with Gasteiger partial charge in [-0.3, -0.25) is 4.99 Å². The first-order valence-electron chi connectivity index (χ1n) is 8.62. The molecule has 2 N–H and O–H groups in total. The van der Waals surface area contributed by atoms with Crippen molar-refractivity contribution in [1.29, 1.82) is 0 Å². The molecule has 2 aromatic rings. The van der Waals surface area contributed by atoms with Gasteiger partial charge in [-0.2, -0.15) is 0 Å². The second-order valence-electron chi connectivity index (χ2n) is 5.48. The summed E-state index contributed by atoms with van der Waals surface area (Å²) < 4.78 is 11.3. The predicted molar refractivity (Wildman–Crippen MR) is 102 cm³/mol. The van der Waals surface area contributed by atoms with Gasteiger partial charge in [-0.25, -0.2) is 0 Å². The Morgan fingerprint density at radius 3 is 2.28 bits per heavy atom. The fraction of sp³-hybridized carbons (Fsp3) is 0.350. The van der Waals surface area contributed by atoms with Gasteiger partial charge in [-0.15, -0.1) is 0 Å². The summed E-state index contributed by atoms with van der Waals surface area (Å²) in [5.74, 6) is 1.68. The van der Waals surface area contributed by atoms with Crippen LogP contribution in [-0.2, 0) is 11.3 Å². The van der Waals surface area contributed by atoms with Gasteiger partial charge < -0.3 is 20.1 Å². The lowest BCUT2D eigenvalue weighted by molar-refractivity contribution is 0.125. The summed E-state index contributed by atoms with van der Waals surface area (Å²) in [6.07, 6.45) is 0.903. The number of hydrogen-bond acceptors (Lipinski definition) is 3. The van der Waals surface area contributed by atoms with Gasteiger partial charge in [0.15, 0.2) is 5.96 Å². The smallest absolute Gasteiger partial charge is 0.191 e. The van der Waals surface area contributed by atoms with E-state index in [4.69, 9.17) is 9.47 Å². The summed E-state index contributed by atoms with van der Waals surface area (Å²) in [6.45, 7) is 3.46. The fourth-order valence-electron chi connectivity index (χ4n) is 2.21. The van der Waals surface area contributed by atoms with Crippen LogP contribution < -0.4 is 15.4 Å². The Labute approximate surface area is 150 Å². The molecule has 0 bridgehead atoms. The van der Waals surface area contributed by atoms with E-state index >= 15 is 0 Å². The lowest BCUT2D eigenvalue weighted by atomic mass is 10.2. The summed E-state index contributed by atoms with van der Waals surface area (Å²) in [5, 5.41) is 6.50. The van der Waals surface area contributed by atoms with Crippen LogP contribution in [0.3, 0.4) is 0 Å². The molecule has 5 heteroatoms. The molecule has 0 aliphatic rings. The van der Waals surface area contributed by atoms with Gasteiger partial charge in [0.2, 0.25) is 0 Å². The van der Waals surface area contributed by atoms with Gasteiger partial charge in [0, 0.05) is 20.1 Å².